The van der Waals surface area contributed by atoms with E-state index in [2.05, 4.69) is 70.2 Å². The molecule has 4 heterocycles. The smallest absolute Gasteiger partial charge is 0.0880 e. The van der Waals surface area contributed by atoms with Crippen molar-refractivity contribution in [1.29, 1.82) is 0 Å². The van der Waals surface area contributed by atoms with Gasteiger partial charge in [0.05, 0.1) is 22.6 Å². The lowest BCUT2D eigenvalue weighted by atomic mass is 9.82. The van der Waals surface area contributed by atoms with E-state index in [9.17, 15) is 0 Å². The average Bonchev–Trinajstić information content (AvgIpc) is 3.47. The summed E-state index contributed by atoms with van der Waals surface area (Å²) in [7, 11) is 0. The molecule has 31 heavy (non-hydrogen) atoms. The maximum Gasteiger partial charge on any atom is 0.0880 e. The van der Waals surface area contributed by atoms with Crippen LogP contribution in [0.1, 0.15) is 62.0 Å². The number of benzene rings is 2. The molecule has 4 aromatic rings. The van der Waals surface area contributed by atoms with Gasteiger partial charge in [0, 0.05) is 22.6 Å². The number of ether oxygens (including phenoxy) is 1. The topological polar surface area (TPSA) is 22.1 Å². The van der Waals surface area contributed by atoms with Crippen molar-refractivity contribution in [3.63, 3.8) is 0 Å². The fraction of sp³-hybridized carbons (Fsp3) is 0.393. The number of aromatic nitrogens is 1. The van der Waals surface area contributed by atoms with Crippen molar-refractivity contribution in [3.8, 4) is 11.3 Å². The zero-order chi connectivity index (χ0) is 21.3. The van der Waals surface area contributed by atoms with Gasteiger partial charge in [-0.2, -0.15) is 0 Å². The van der Waals surface area contributed by atoms with Crippen LogP contribution < -0.4 is 0 Å². The first-order valence-electron chi connectivity index (χ1n) is 11.5. The van der Waals surface area contributed by atoms with Crippen molar-refractivity contribution < 1.29 is 4.74 Å². The van der Waals surface area contributed by atoms with Crippen LogP contribution in [0, 0.1) is 6.92 Å². The largest absolute Gasteiger partial charge is 0.374 e. The minimum atomic E-state index is 0.0699. The molecule has 2 saturated heterocycles. The molecule has 3 unspecified atom stereocenters. The van der Waals surface area contributed by atoms with Crippen LogP contribution in [0.25, 0.3) is 32.1 Å². The molecule has 2 nitrogen and oxygen atoms in total. The van der Waals surface area contributed by atoms with Gasteiger partial charge in [-0.05, 0) is 77.1 Å². The second-order valence-electron chi connectivity index (χ2n) is 10.3. The van der Waals surface area contributed by atoms with Crippen LogP contribution in [0.2, 0.25) is 0 Å². The Morgan fingerprint density at radius 2 is 1.87 bits per heavy atom. The maximum absolute atomic E-state index is 6.20. The van der Waals surface area contributed by atoms with Gasteiger partial charge in [-0.1, -0.05) is 45.0 Å². The monoisotopic (exact) mass is 427 g/mol. The minimum Gasteiger partial charge on any atom is -0.374 e. The summed E-state index contributed by atoms with van der Waals surface area (Å²) >= 11 is 1.96. The quantitative estimate of drug-likeness (QED) is 0.326. The molecule has 6 rings (SSSR count). The summed E-state index contributed by atoms with van der Waals surface area (Å²) in [5.41, 5.74) is 5.24. The Balaban J connectivity index is 1.55. The molecule has 2 bridgehead atoms. The molecule has 2 aromatic carbocycles. The van der Waals surface area contributed by atoms with Crippen molar-refractivity contribution in [1.82, 2.24) is 4.98 Å². The van der Waals surface area contributed by atoms with E-state index in [0.717, 1.165) is 5.69 Å². The van der Waals surface area contributed by atoms with Crippen LogP contribution in [0.3, 0.4) is 0 Å². The van der Waals surface area contributed by atoms with E-state index in [-0.39, 0.29) is 5.41 Å². The highest BCUT2D eigenvalue weighted by Gasteiger charge is 2.42. The first-order chi connectivity index (χ1) is 14.9. The fourth-order valence-corrected chi connectivity index (χ4v) is 7.19. The predicted octanol–water partition coefficient (Wildman–Crippen LogP) is 7.76. The highest BCUT2D eigenvalue weighted by atomic mass is 32.1. The zero-order valence-corrected chi connectivity index (χ0v) is 19.6. The van der Waals surface area contributed by atoms with E-state index in [0.29, 0.717) is 18.1 Å². The van der Waals surface area contributed by atoms with Gasteiger partial charge in [-0.15, -0.1) is 11.3 Å². The number of thiophene rings is 1. The molecule has 0 amide bonds. The van der Waals surface area contributed by atoms with Gasteiger partial charge in [-0.3, -0.25) is 4.98 Å². The maximum atomic E-state index is 6.20. The van der Waals surface area contributed by atoms with Crippen molar-refractivity contribution in [2.75, 3.05) is 0 Å². The summed E-state index contributed by atoms with van der Waals surface area (Å²) in [5, 5.41) is 3.99. The molecule has 0 radical (unpaired) electrons. The fourth-order valence-electron chi connectivity index (χ4n) is 5.71. The molecular weight excluding hydrogens is 398 g/mol. The Hall–Kier alpha value is -2.23. The van der Waals surface area contributed by atoms with Crippen LogP contribution in [-0.4, -0.2) is 17.2 Å². The molecule has 158 valence electrons. The molecule has 2 aromatic heterocycles. The van der Waals surface area contributed by atoms with Crippen LogP contribution in [0.5, 0.6) is 0 Å². The second kappa shape index (κ2) is 6.88. The molecule has 0 saturated carbocycles. The van der Waals surface area contributed by atoms with Gasteiger partial charge in [-0.25, -0.2) is 0 Å². The number of hydrogen-bond acceptors (Lipinski definition) is 3. The number of rotatable bonds is 2. The van der Waals surface area contributed by atoms with Crippen LogP contribution in [0.15, 0.2) is 48.7 Å². The highest BCUT2D eigenvalue weighted by Crippen LogP contribution is 2.50. The zero-order valence-electron chi connectivity index (χ0n) is 18.7. The summed E-state index contributed by atoms with van der Waals surface area (Å²) in [6.45, 7) is 9.20. The number of hydrogen-bond donors (Lipinski definition) is 0. The average molecular weight is 428 g/mol. The third-order valence-electron chi connectivity index (χ3n) is 7.28. The molecular formula is C28H29NOS. The summed E-state index contributed by atoms with van der Waals surface area (Å²) in [6.07, 6.45) is 6.53. The summed E-state index contributed by atoms with van der Waals surface area (Å²) < 4.78 is 7.52. The van der Waals surface area contributed by atoms with E-state index in [1.54, 1.807) is 0 Å². The predicted molar refractivity (Wildman–Crippen MR) is 131 cm³/mol. The first-order valence-corrected chi connectivity index (χ1v) is 12.3. The Kier molecular flexibility index (Phi) is 4.32. The lowest BCUT2D eigenvalue weighted by Crippen LogP contribution is -2.13. The second-order valence-corrected chi connectivity index (χ2v) is 11.4. The van der Waals surface area contributed by atoms with Crippen LogP contribution in [0.4, 0.5) is 0 Å². The Morgan fingerprint density at radius 3 is 2.61 bits per heavy atom. The van der Waals surface area contributed by atoms with E-state index in [1.165, 1.54) is 61.7 Å². The molecule has 2 aliphatic heterocycles. The standard InChI is InChI=1S/C28H29NOS/c1-16-20-11-12-29-25(27(20)31-26(16)22-15-19-9-10-24(22)30-19)18-13-17-7-5-6-8-21(17)23(14-18)28(2,3)4/h5-8,11-14,19,22,24H,9-10,15H2,1-4H3. The Bertz CT molecular complexity index is 1310. The SMILES string of the molecule is Cc1c(C2CC3CCC2O3)sc2c(-c3cc(C(C)(C)C)c4ccccc4c3)nccc12. The Morgan fingerprint density at radius 1 is 1.03 bits per heavy atom. The van der Waals surface area contributed by atoms with Crippen LogP contribution in [-0.2, 0) is 10.2 Å². The van der Waals surface area contributed by atoms with Crippen LogP contribution >= 0.6 is 11.3 Å². The lowest BCUT2D eigenvalue weighted by molar-refractivity contribution is 0.101. The van der Waals surface area contributed by atoms with Gasteiger partial charge in [0.25, 0.3) is 0 Å². The van der Waals surface area contributed by atoms with Gasteiger partial charge in [0.15, 0.2) is 0 Å². The van der Waals surface area contributed by atoms with Gasteiger partial charge >= 0.3 is 0 Å². The number of pyridine rings is 1. The molecule has 2 fully saturated rings. The van der Waals surface area contributed by atoms with E-state index in [1.807, 2.05) is 17.5 Å². The molecule has 3 atom stereocenters. The van der Waals surface area contributed by atoms with E-state index in [4.69, 9.17) is 9.72 Å². The third-order valence-corrected chi connectivity index (χ3v) is 8.72. The minimum absolute atomic E-state index is 0.0699. The first kappa shape index (κ1) is 19.5. The normalized spacial score (nSPS) is 23.3. The number of fused-ring (bicyclic) bond motifs is 4. The van der Waals surface area contributed by atoms with Crippen molar-refractivity contribution in [2.45, 2.75) is 70.5 Å². The molecule has 0 aliphatic carbocycles. The summed E-state index contributed by atoms with van der Waals surface area (Å²) in [6, 6.07) is 15.6. The van der Waals surface area contributed by atoms with Crippen molar-refractivity contribution >= 4 is 32.2 Å². The van der Waals surface area contributed by atoms with E-state index >= 15 is 0 Å². The summed E-state index contributed by atoms with van der Waals surface area (Å²) in [4.78, 5) is 6.44. The molecule has 0 N–H and O–H groups in total. The van der Waals surface area contributed by atoms with Crippen molar-refractivity contribution in [2.24, 2.45) is 0 Å². The van der Waals surface area contributed by atoms with Gasteiger partial charge in [0.1, 0.15) is 0 Å². The van der Waals surface area contributed by atoms with E-state index < -0.39 is 0 Å². The Labute approximate surface area is 188 Å². The lowest BCUT2D eigenvalue weighted by Gasteiger charge is -2.22. The summed E-state index contributed by atoms with van der Waals surface area (Å²) in [5.74, 6) is 0.561. The third kappa shape index (κ3) is 3.05. The van der Waals surface area contributed by atoms with Gasteiger partial charge < -0.3 is 4.74 Å². The molecule has 0 spiro atoms. The van der Waals surface area contributed by atoms with Gasteiger partial charge in [0.2, 0.25) is 0 Å². The molecule has 3 heteroatoms. The number of nitrogens with zero attached hydrogens (tertiary/aromatic N) is 1. The molecule has 2 aliphatic rings. The van der Waals surface area contributed by atoms with Crippen molar-refractivity contribution in [3.05, 3.63) is 64.7 Å². The number of aryl methyl sites for hydroxylation is 1. The highest BCUT2D eigenvalue weighted by molar-refractivity contribution is 7.20.